The van der Waals surface area contributed by atoms with Gasteiger partial charge in [-0.05, 0) is 50.1 Å². The fraction of sp³-hybridized carbons (Fsp3) is 0.312. The molecule has 11 heteroatoms. The van der Waals surface area contributed by atoms with E-state index in [9.17, 15) is 27.1 Å². The van der Waals surface area contributed by atoms with E-state index in [0.29, 0.717) is 35.0 Å². The zero-order valence-electron chi connectivity index (χ0n) is 14.2. The van der Waals surface area contributed by atoms with Gasteiger partial charge in [-0.25, -0.2) is 13.2 Å². The minimum Gasteiger partial charge on any atom is -0.755 e. The van der Waals surface area contributed by atoms with Crippen molar-refractivity contribution in [1.82, 2.24) is 0 Å². The van der Waals surface area contributed by atoms with Gasteiger partial charge in [-0.2, -0.15) is 0 Å². The summed E-state index contributed by atoms with van der Waals surface area (Å²) in [5, 5.41) is 9.46. The van der Waals surface area contributed by atoms with Crippen LogP contribution in [0.1, 0.15) is 19.3 Å². The number of anilines is 1. The molecular weight excluding hydrogens is 412 g/mol. The second kappa shape index (κ2) is 9.42. The van der Waals surface area contributed by atoms with Gasteiger partial charge in [0.1, 0.15) is 15.3 Å². The van der Waals surface area contributed by atoms with Crippen molar-refractivity contribution >= 4 is 43.4 Å². The van der Waals surface area contributed by atoms with Crippen molar-refractivity contribution in [3.63, 3.8) is 0 Å². The first-order valence-electron chi connectivity index (χ1n) is 8.00. The highest BCUT2D eigenvalue weighted by atomic mass is 32.2. The molecule has 2 aromatic rings. The summed E-state index contributed by atoms with van der Waals surface area (Å²) >= 11 is -2.17. The van der Waals surface area contributed by atoms with Gasteiger partial charge >= 0.3 is 5.97 Å². The monoisotopic (exact) mass is 431 g/mol. The Balaban J connectivity index is 2.37. The summed E-state index contributed by atoms with van der Waals surface area (Å²) in [5.74, 6) is -1.31. The van der Waals surface area contributed by atoms with E-state index in [2.05, 4.69) is 0 Å². The molecule has 0 aliphatic carbocycles. The van der Waals surface area contributed by atoms with Crippen LogP contribution in [0.3, 0.4) is 0 Å². The Morgan fingerprint density at radius 2 is 1.89 bits per heavy atom. The lowest BCUT2D eigenvalue weighted by molar-refractivity contribution is -0.138. The largest absolute Gasteiger partial charge is 0.755 e. The van der Waals surface area contributed by atoms with Crippen molar-refractivity contribution in [3.8, 4) is 0 Å². The number of hydrogen-bond donors (Lipinski definition) is 2. The van der Waals surface area contributed by atoms with Crippen molar-refractivity contribution in [1.29, 1.82) is 0 Å². The van der Waals surface area contributed by atoms with E-state index < -0.39 is 33.1 Å². The van der Waals surface area contributed by atoms with Crippen LogP contribution in [-0.4, -0.2) is 40.8 Å². The molecule has 0 saturated heterocycles. The van der Waals surface area contributed by atoms with Gasteiger partial charge in [-0.3, -0.25) is 8.51 Å². The number of hydrogen-bond acceptors (Lipinski definition) is 7. The number of thiophene rings is 1. The summed E-state index contributed by atoms with van der Waals surface area (Å²) in [6, 6.07) is 8.96. The fourth-order valence-corrected chi connectivity index (χ4v) is 6.02. The summed E-state index contributed by atoms with van der Waals surface area (Å²) in [5.41, 5.74) is 5.40. The number of unbranched alkanes of at least 4 members (excludes halogenated alkanes) is 1. The molecule has 2 atom stereocenters. The predicted octanol–water partition coefficient (Wildman–Crippen LogP) is 1.76. The second-order valence-corrected chi connectivity index (χ2v) is 9.66. The van der Waals surface area contributed by atoms with Crippen LogP contribution < -0.4 is 10.0 Å². The highest BCUT2D eigenvalue weighted by Gasteiger charge is 2.29. The minimum atomic E-state index is -3.82. The van der Waals surface area contributed by atoms with Crippen LogP contribution in [0, 0.1) is 0 Å². The van der Waals surface area contributed by atoms with Crippen molar-refractivity contribution in [3.05, 3.63) is 42.5 Å². The molecule has 1 aromatic heterocycles. The normalized spacial score (nSPS) is 13.9. The van der Waals surface area contributed by atoms with E-state index in [-0.39, 0.29) is 20.5 Å². The molecule has 1 aromatic carbocycles. The van der Waals surface area contributed by atoms with Gasteiger partial charge in [-0.1, -0.05) is 18.2 Å². The molecule has 0 spiro atoms. The van der Waals surface area contributed by atoms with E-state index in [0.717, 1.165) is 0 Å². The van der Waals surface area contributed by atoms with Crippen LogP contribution >= 0.6 is 11.3 Å². The first-order chi connectivity index (χ1) is 12.8. The quantitative estimate of drug-likeness (QED) is 0.431. The van der Waals surface area contributed by atoms with Gasteiger partial charge < -0.3 is 15.4 Å². The number of rotatable bonds is 10. The van der Waals surface area contributed by atoms with Crippen LogP contribution in [0.15, 0.2) is 51.6 Å². The summed E-state index contributed by atoms with van der Waals surface area (Å²) in [6.07, 6.45) is 1.06. The Morgan fingerprint density at radius 1 is 1.22 bits per heavy atom. The molecule has 3 N–H and O–H groups in total. The zero-order valence-corrected chi connectivity index (χ0v) is 16.6. The van der Waals surface area contributed by atoms with Gasteiger partial charge in [-0.15, -0.1) is 11.3 Å². The lowest BCUT2D eigenvalue weighted by atomic mass is 10.1. The van der Waals surface area contributed by atoms with E-state index in [1.807, 2.05) is 0 Å². The summed E-state index contributed by atoms with van der Waals surface area (Å²) in [7, 11) is -3.82. The number of nitrogens with zero attached hydrogens (tertiary/aromatic N) is 1. The SMILES string of the molecule is NCCCCC(C(=O)O)N(c1ccc(S(=O)(=O)c2ccccc2)s1)S(=O)[O-]. The highest BCUT2D eigenvalue weighted by molar-refractivity contribution is 7.93. The third-order valence-corrected chi connectivity index (χ3v) is 8.00. The fourth-order valence-electron chi connectivity index (χ4n) is 2.44. The minimum absolute atomic E-state index is 0.0259. The van der Waals surface area contributed by atoms with Crippen LogP contribution in [-0.2, 0) is 25.9 Å². The van der Waals surface area contributed by atoms with Gasteiger partial charge in [0.05, 0.1) is 4.90 Å². The Morgan fingerprint density at radius 3 is 2.44 bits per heavy atom. The van der Waals surface area contributed by atoms with Crippen LogP contribution in [0.5, 0.6) is 0 Å². The average Bonchev–Trinajstić information content (AvgIpc) is 3.11. The molecular formula is C16H19N2O6S3-. The molecule has 148 valence electrons. The smallest absolute Gasteiger partial charge is 0.327 e. The molecule has 0 aliphatic rings. The van der Waals surface area contributed by atoms with Crippen molar-refractivity contribution in [2.24, 2.45) is 5.73 Å². The molecule has 0 radical (unpaired) electrons. The molecule has 0 fully saturated rings. The number of nitrogens with two attached hydrogens (primary N) is 1. The number of sulfone groups is 1. The van der Waals surface area contributed by atoms with Crippen LogP contribution in [0.4, 0.5) is 5.00 Å². The van der Waals surface area contributed by atoms with Gasteiger partial charge in [0.2, 0.25) is 9.84 Å². The maximum absolute atomic E-state index is 12.7. The number of carboxylic acid groups (broad SMARTS) is 1. The lowest BCUT2D eigenvalue weighted by Crippen LogP contribution is -2.42. The first kappa shape index (κ1) is 21.5. The standard InChI is InChI=1S/C16H20N2O6S3/c17-11-5-4-8-13(16(19)20)18(26(21)22)14-9-10-15(25-14)27(23,24)12-6-2-1-3-7-12/h1-3,6-7,9-10,13H,4-5,8,11,17H2,(H,19,20)(H,21,22)/p-1. The molecule has 0 saturated carbocycles. The molecule has 27 heavy (non-hydrogen) atoms. The Bertz CT molecular complexity index is 898. The first-order valence-corrected chi connectivity index (χ1v) is 11.3. The summed E-state index contributed by atoms with van der Waals surface area (Å²) < 4.78 is 49.4. The number of aliphatic carboxylic acids is 1. The highest BCUT2D eigenvalue weighted by Crippen LogP contribution is 2.35. The zero-order chi connectivity index (χ0) is 20.0. The maximum Gasteiger partial charge on any atom is 0.327 e. The molecule has 2 unspecified atom stereocenters. The van der Waals surface area contributed by atoms with Gasteiger partial charge in [0.15, 0.2) is 0 Å². The number of benzene rings is 1. The van der Waals surface area contributed by atoms with Crippen LogP contribution in [0.2, 0.25) is 0 Å². The molecule has 8 nitrogen and oxygen atoms in total. The third-order valence-electron chi connectivity index (χ3n) is 3.76. The topological polar surface area (TPSA) is 141 Å². The maximum atomic E-state index is 12.7. The van der Waals surface area contributed by atoms with Crippen molar-refractivity contribution in [2.75, 3.05) is 10.8 Å². The Kier molecular flexibility index (Phi) is 7.50. The van der Waals surface area contributed by atoms with Crippen molar-refractivity contribution in [2.45, 2.75) is 34.4 Å². The van der Waals surface area contributed by atoms with Gasteiger partial charge in [0, 0.05) is 11.3 Å². The molecule has 0 bridgehead atoms. The average molecular weight is 432 g/mol. The van der Waals surface area contributed by atoms with Gasteiger partial charge in [0.25, 0.3) is 0 Å². The van der Waals surface area contributed by atoms with E-state index in [4.69, 9.17) is 5.73 Å². The lowest BCUT2D eigenvalue weighted by Gasteiger charge is -2.30. The second-order valence-electron chi connectivity index (χ2n) is 5.59. The van der Waals surface area contributed by atoms with Crippen molar-refractivity contribution < 1.29 is 27.1 Å². The van der Waals surface area contributed by atoms with E-state index in [1.54, 1.807) is 18.2 Å². The van der Waals surface area contributed by atoms with E-state index >= 15 is 0 Å². The summed E-state index contributed by atoms with van der Waals surface area (Å²) in [6.45, 7) is 0.366. The third kappa shape index (κ3) is 5.14. The molecule has 0 aliphatic heterocycles. The number of carbonyl (C=O) groups is 1. The Hall–Kier alpha value is -1.79. The number of carboxylic acids is 1. The van der Waals surface area contributed by atoms with Crippen LogP contribution in [0.25, 0.3) is 0 Å². The predicted molar refractivity (Wildman–Crippen MR) is 102 cm³/mol. The Labute approximate surface area is 164 Å². The summed E-state index contributed by atoms with van der Waals surface area (Å²) in [4.78, 5) is 11.7. The molecule has 0 amide bonds. The molecule has 1 heterocycles. The molecule has 2 rings (SSSR count). The van der Waals surface area contributed by atoms with E-state index in [1.165, 1.54) is 24.3 Å².